The average Bonchev–Trinajstić information content (AvgIpc) is 2.33. The van der Waals surface area contributed by atoms with Crippen molar-refractivity contribution < 1.29 is 4.79 Å². The lowest BCUT2D eigenvalue weighted by Gasteiger charge is -2.09. The van der Waals surface area contributed by atoms with E-state index in [1.54, 1.807) is 6.07 Å². The van der Waals surface area contributed by atoms with Crippen molar-refractivity contribution in [3.63, 3.8) is 0 Å². The highest BCUT2D eigenvalue weighted by Gasteiger charge is 2.10. The molecule has 2 aromatic rings. The minimum Gasteiger partial charge on any atom is -0.320 e. The van der Waals surface area contributed by atoms with E-state index in [2.05, 4.69) is 26.2 Å². The van der Waals surface area contributed by atoms with Crippen LogP contribution in [0.15, 0.2) is 40.9 Å². The molecule has 0 bridgehead atoms. The van der Waals surface area contributed by atoms with Crippen LogP contribution in [0, 0.1) is 13.8 Å². The lowest BCUT2D eigenvalue weighted by molar-refractivity contribution is 0.102. The fourth-order valence-corrected chi connectivity index (χ4v) is 2.12. The van der Waals surface area contributed by atoms with Gasteiger partial charge in [-0.3, -0.25) is 9.78 Å². The van der Waals surface area contributed by atoms with E-state index >= 15 is 0 Å². The number of hydrogen-bond donors (Lipinski definition) is 1. The van der Waals surface area contributed by atoms with Gasteiger partial charge in [-0.1, -0.05) is 12.1 Å². The van der Waals surface area contributed by atoms with Crippen molar-refractivity contribution in [2.24, 2.45) is 0 Å². The van der Waals surface area contributed by atoms with E-state index in [9.17, 15) is 4.79 Å². The van der Waals surface area contributed by atoms with Gasteiger partial charge >= 0.3 is 0 Å². The quantitative estimate of drug-likeness (QED) is 0.919. The summed E-state index contributed by atoms with van der Waals surface area (Å²) in [5, 5.41) is 2.86. The minimum atomic E-state index is -0.142. The van der Waals surface area contributed by atoms with Crippen LogP contribution in [-0.4, -0.2) is 10.9 Å². The fraction of sp³-hybridized carbons (Fsp3) is 0.143. The number of pyridine rings is 1. The highest BCUT2D eigenvalue weighted by molar-refractivity contribution is 9.10. The van der Waals surface area contributed by atoms with Gasteiger partial charge in [-0.2, -0.15) is 0 Å². The van der Waals surface area contributed by atoms with E-state index in [4.69, 9.17) is 0 Å². The Bertz CT molecular complexity index is 596. The van der Waals surface area contributed by atoms with Gasteiger partial charge in [-0.25, -0.2) is 0 Å². The van der Waals surface area contributed by atoms with Crippen molar-refractivity contribution in [2.45, 2.75) is 13.8 Å². The van der Waals surface area contributed by atoms with Crippen molar-refractivity contribution in [3.8, 4) is 0 Å². The molecule has 1 heterocycles. The first-order chi connectivity index (χ1) is 8.58. The Morgan fingerprint density at radius 2 is 1.89 bits per heavy atom. The summed E-state index contributed by atoms with van der Waals surface area (Å²) < 4.78 is 0.778. The number of amides is 1. The van der Waals surface area contributed by atoms with Gasteiger partial charge in [0.05, 0.1) is 16.9 Å². The molecule has 0 aliphatic rings. The van der Waals surface area contributed by atoms with Crippen LogP contribution < -0.4 is 5.32 Å². The summed E-state index contributed by atoms with van der Waals surface area (Å²) in [4.78, 5) is 16.4. The predicted octanol–water partition coefficient (Wildman–Crippen LogP) is 3.71. The number of halogens is 1. The smallest absolute Gasteiger partial charge is 0.256 e. The van der Waals surface area contributed by atoms with Gasteiger partial charge < -0.3 is 5.32 Å². The van der Waals surface area contributed by atoms with Gasteiger partial charge in [0, 0.05) is 10.2 Å². The molecular weight excluding hydrogens is 292 g/mol. The Kier molecular flexibility index (Phi) is 3.77. The van der Waals surface area contributed by atoms with Crippen LogP contribution in [0.3, 0.4) is 0 Å². The number of nitrogens with one attached hydrogen (secondary N) is 1. The Balaban J connectivity index is 2.24. The summed E-state index contributed by atoms with van der Waals surface area (Å²) in [5.74, 6) is -0.142. The number of benzene rings is 1. The van der Waals surface area contributed by atoms with Crippen molar-refractivity contribution >= 4 is 27.5 Å². The van der Waals surface area contributed by atoms with Crippen LogP contribution in [0.2, 0.25) is 0 Å². The van der Waals surface area contributed by atoms with Crippen LogP contribution in [0.4, 0.5) is 5.69 Å². The Labute approximate surface area is 114 Å². The Morgan fingerprint density at radius 1 is 1.17 bits per heavy atom. The largest absolute Gasteiger partial charge is 0.320 e. The van der Waals surface area contributed by atoms with Gasteiger partial charge in [-0.05, 0) is 54.0 Å². The highest BCUT2D eigenvalue weighted by atomic mass is 79.9. The first-order valence-corrected chi connectivity index (χ1v) is 6.37. The Morgan fingerprint density at radius 3 is 2.56 bits per heavy atom. The number of carbonyl (C=O) groups excluding carboxylic acids is 1. The molecular formula is C14H13BrN2O. The van der Waals surface area contributed by atoms with Gasteiger partial charge in [-0.15, -0.1) is 0 Å². The number of hydrogen-bond acceptors (Lipinski definition) is 2. The zero-order valence-electron chi connectivity index (χ0n) is 10.2. The number of anilines is 1. The van der Waals surface area contributed by atoms with Gasteiger partial charge in [0.1, 0.15) is 0 Å². The zero-order valence-corrected chi connectivity index (χ0v) is 11.8. The van der Waals surface area contributed by atoms with Crippen molar-refractivity contribution in [2.75, 3.05) is 5.32 Å². The van der Waals surface area contributed by atoms with Crippen LogP contribution in [0.25, 0.3) is 0 Å². The van der Waals surface area contributed by atoms with E-state index in [0.717, 1.165) is 21.5 Å². The van der Waals surface area contributed by atoms with E-state index < -0.39 is 0 Å². The second-order valence-electron chi connectivity index (χ2n) is 4.02. The second-order valence-corrected chi connectivity index (χ2v) is 4.87. The molecule has 0 aliphatic carbocycles. The monoisotopic (exact) mass is 304 g/mol. The van der Waals surface area contributed by atoms with Crippen LogP contribution in [-0.2, 0) is 0 Å². The molecule has 18 heavy (non-hydrogen) atoms. The van der Waals surface area contributed by atoms with Crippen molar-refractivity contribution in [1.29, 1.82) is 0 Å². The average molecular weight is 305 g/mol. The van der Waals surface area contributed by atoms with Gasteiger partial charge in [0.15, 0.2) is 0 Å². The predicted molar refractivity (Wildman–Crippen MR) is 75.8 cm³/mol. The summed E-state index contributed by atoms with van der Waals surface area (Å²) in [6, 6.07) is 11.1. The summed E-state index contributed by atoms with van der Waals surface area (Å²) in [6.45, 7) is 3.80. The van der Waals surface area contributed by atoms with Crippen LogP contribution in [0.1, 0.15) is 21.7 Å². The molecule has 1 aromatic carbocycles. The maximum absolute atomic E-state index is 12.1. The van der Waals surface area contributed by atoms with E-state index in [-0.39, 0.29) is 5.91 Å². The fourth-order valence-electron chi connectivity index (χ4n) is 1.65. The maximum Gasteiger partial charge on any atom is 0.256 e. The third kappa shape index (κ3) is 2.76. The molecule has 0 radical (unpaired) electrons. The van der Waals surface area contributed by atoms with Gasteiger partial charge in [0.2, 0.25) is 0 Å². The first kappa shape index (κ1) is 12.8. The molecule has 0 unspecified atom stereocenters. The number of nitrogens with zero attached hydrogens (tertiary/aromatic N) is 1. The van der Waals surface area contributed by atoms with Crippen LogP contribution >= 0.6 is 15.9 Å². The number of aromatic nitrogens is 1. The lowest BCUT2D eigenvalue weighted by Crippen LogP contribution is -2.13. The molecule has 2 rings (SSSR count). The summed E-state index contributed by atoms with van der Waals surface area (Å²) in [5.41, 5.74) is 3.10. The summed E-state index contributed by atoms with van der Waals surface area (Å²) in [6.07, 6.45) is 0. The summed E-state index contributed by atoms with van der Waals surface area (Å²) >= 11 is 3.36. The van der Waals surface area contributed by atoms with Gasteiger partial charge in [0.25, 0.3) is 5.91 Å². The van der Waals surface area contributed by atoms with E-state index in [1.165, 1.54) is 0 Å². The molecule has 0 saturated carbocycles. The maximum atomic E-state index is 12.1. The zero-order chi connectivity index (χ0) is 13.1. The van der Waals surface area contributed by atoms with Crippen molar-refractivity contribution in [3.05, 3.63) is 57.8 Å². The minimum absolute atomic E-state index is 0.142. The van der Waals surface area contributed by atoms with E-state index in [0.29, 0.717) is 5.56 Å². The number of carbonyl (C=O) groups is 1. The molecule has 0 fully saturated rings. The molecule has 1 aromatic heterocycles. The molecule has 3 nitrogen and oxygen atoms in total. The molecule has 0 atom stereocenters. The molecule has 4 heteroatoms. The molecule has 92 valence electrons. The summed E-state index contributed by atoms with van der Waals surface area (Å²) in [7, 11) is 0. The second kappa shape index (κ2) is 5.31. The normalized spacial score (nSPS) is 10.2. The lowest BCUT2D eigenvalue weighted by atomic mass is 10.2. The standard InChI is InChI=1S/C14H13BrN2O/c1-9-7-8-13(10(2)16-9)17-14(18)11-5-3-4-6-12(11)15/h3-8H,1-2H3,(H,17,18). The molecule has 0 aliphatic heterocycles. The third-order valence-corrected chi connectivity index (χ3v) is 3.28. The Hall–Kier alpha value is -1.68. The number of aryl methyl sites for hydroxylation is 2. The number of rotatable bonds is 2. The van der Waals surface area contributed by atoms with Crippen molar-refractivity contribution in [1.82, 2.24) is 4.98 Å². The molecule has 1 amide bonds. The molecule has 0 saturated heterocycles. The van der Waals surface area contributed by atoms with Crippen LogP contribution in [0.5, 0.6) is 0 Å². The highest BCUT2D eigenvalue weighted by Crippen LogP contribution is 2.19. The molecule has 0 spiro atoms. The van der Waals surface area contributed by atoms with E-state index in [1.807, 2.05) is 44.2 Å². The third-order valence-electron chi connectivity index (χ3n) is 2.59. The SMILES string of the molecule is Cc1ccc(NC(=O)c2ccccc2Br)c(C)n1. The molecule has 1 N–H and O–H groups in total. The first-order valence-electron chi connectivity index (χ1n) is 5.58. The topological polar surface area (TPSA) is 42.0 Å².